The maximum atomic E-state index is 3.72. The van der Waals surface area contributed by atoms with Crippen LogP contribution in [-0.4, -0.2) is 9.52 Å². The molecule has 1 aliphatic carbocycles. The van der Waals surface area contributed by atoms with Gasteiger partial charge in [-0.25, -0.2) is 0 Å². The largest absolute Gasteiger partial charge is 4.00 e. The van der Waals surface area contributed by atoms with E-state index in [0.717, 1.165) is 9.52 Å². The Kier molecular flexibility index (Phi) is 15.2. The first-order chi connectivity index (χ1) is 11.6. The minimum Gasteiger partial charge on any atom is -1.00 e. The van der Waals surface area contributed by atoms with Gasteiger partial charge in [-0.2, -0.15) is 16.8 Å². The van der Waals surface area contributed by atoms with Crippen LogP contribution >= 0.6 is 0 Å². The first-order valence-electron chi connectivity index (χ1n) is 9.17. The van der Waals surface area contributed by atoms with Gasteiger partial charge in [0.25, 0.3) is 0 Å². The molecular formula is C23H27Cl3SiTi. The maximum absolute atomic E-state index is 3.72. The molecule has 0 saturated carbocycles. The van der Waals surface area contributed by atoms with Gasteiger partial charge in [-0.05, 0) is 13.8 Å². The average molecular weight is 486 g/mol. The zero-order valence-electron chi connectivity index (χ0n) is 17.0. The van der Waals surface area contributed by atoms with Gasteiger partial charge in [-0.1, -0.05) is 86.0 Å². The first-order valence-corrected chi connectivity index (χ1v) is 10.2. The molecule has 0 heterocycles. The zero-order valence-corrected chi connectivity index (χ0v) is 21.8. The Morgan fingerprint density at radius 3 is 2.18 bits per heavy atom. The molecule has 0 aliphatic heterocycles. The van der Waals surface area contributed by atoms with Crippen molar-refractivity contribution in [1.29, 1.82) is 0 Å². The summed E-state index contributed by atoms with van der Waals surface area (Å²) < 4.78 is 0. The van der Waals surface area contributed by atoms with Crippen molar-refractivity contribution in [3.8, 4) is 0 Å². The predicted octanol–water partition coefficient (Wildman–Crippen LogP) is -4.26. The van der Waals surface area contributed by atoms with E-state index in [4.69, 9.17) is 0 Å². The predicted molar refractivity (Wildman–Crippen MR) is 106 cm³/mol. The molecule has 0 fully saturated rings. The van der Waals surface area contributed by atoms with E-state index in [1.165, 1.54) is 63.9 Å². The van der Waals surface area contributed by atoms with Gasteiger partial charge in [-0.15, -0.1) is 23.3 Å². The van der Waals surface area contributed by atoms with E-state index >= 15 is 0 Å². The quantitative estimate of drug-likeness (QED) is 0.221. The number of benzene rings is 2. The standard InChI is InChI=1S/C23H27Si.3ClH.Ti/c1-5-6-7-9-20-18(4)15-22-21(20)10-8-11-23(22)24-19-13-16(2)12-17(3)14-19;;;;/h8,10-14,20H,5-7,9H2,1-4H3;3*1H;/q-1;;;;+4/p-3. The van der Waals surface area contributed by atoms with Crippen LogP contribution in [0, 0.1) is 19.9 Å². The molecule has 1 aliphatic rings. The van der Waals surface area contributed by atoms with Gasteiger partial charge in [-0.3, -0.25) is 0 Å². The monoisotopic (exact) mass is 484 g/mol. The molecule has 148 valence electrons. The Morgan fingerprint density at radius 2 is 1.57 bits per heavy atom. The fourth-order valence-electron chi connectivity index (χ4n) is 3.79. The van der Waals surface area contributed by atoms with Crippen LogP contribution in [0.1, 0.15) is 67.7 Å². The second-order valence-corrected chi connectivity index (χ2v) is 8.49. The molecule has 0 aromatic heterocycles. The Balaban J connectivity index is 0. The molecule has 2 aromatic rings. The van der Waals surface area contributed by atoms with Crippen LogP contribution in [0.5, 0.6) is 0 Å². The van der Waals surface area contributed by atoms with Crippen LogP contribution in [-0.2, 0) is 21.7 Å². The fourth-order valence-corrected chi connectivity index (χ4v) is 5.22. The SMILES string of the molecule is CCCCCC1C(C)=[C-]c2c([Si]c3cc(C)cc(C)c3)cccc21.[Cl-].[Cl-].[Cl-].[Ti+4]. The summed E-state index contributed by atoms with van der Waals surface area (Å²) >= 11 is 0. The Bertz CT molecular complexity index is 754. The molecule has 2 radical (unpaired) electrons. The number of hydrogen-bond donors (Lipinski definition) is 0. The summed E-state index contributed by atoms with van der Waals surface area (Å²) in [6.07, 6.45) is 8.94. The summed E-state index contributed by atoms with van der Waals surface area (Å²) in [4.78, 5) is 0. The molecule has 0 amide bonds. The molecule has 1 unspecified atom stereocenters. The van der Waals surface area contributed by atoms with Crippen LogP contribution in [0.4, 0.5) is 0 Å². The van der Waals surface area contributed by atoms with E-state index in [2.05, 4.69) is 70.2 Å². The summed E-state index contributed by atoms with van der Waals surface area (Å²) in [5.74, 6) is 0.593. The molecule has 0 spiro atoms. The van der Waals surface area contributed by atoms with Gasteiger partial charge in [0.2, 0.25) is 0 Å². The van der Waals surface area contributed by atoms with E-state index in [1.807, 2.05) is 0 Å². The topological polar surface area (TPSA) is 0 Å². The third kappa shape index (κ3) is 7.35. The van der Waals surface area contributed by atoms with E-state index in [0.29, 0.717) is 5.92 Å². The van der Waals surface area contributed by atoms with Gasteiger partial charge < -0.3 is 37.2 Å². The molecule has 0 N–H and O–H groups in total. The van der Waals surface area contributed by atoms with Crippen molar-refractivity contribution in [2.45, 2.75) is 59.3 Å². The van der Waals surface area contributed by atoms with Crippen molar-refractivity contribution in [1.82, 2.24) is 0 Å². The minimum atomic E-state index is 0. The van der Waals surface area contributed by atoms with Crippen molar-refractivity contribution in [3.05, 3.63) is 70.3 Å². The van der Waals surface area contributed by atoms with Crippen LogP contribution in [0.15, 0.2) is 42.0 Å². The first kappa shape index (κ1) is 30.2. The van der Waals surface area contributed by atoms with E-state index in [1.54, 1.807) is 0 Å². The van der Waals surface area contributed by atoms with Gasteiger partial charge in [0, 0.05) is 9.52 Å². The normalized spacial score (nSPS) is 13.9. The number of rotatable bonds is 6. The van der Waals surface area contributed by atoms with E-state index in [9.17, 15) is 0 Å². The van der Waals surface area contributed by atoms with Crippen LogP contribution in [0.25, 0.3) is 0 Å². The summed E-state index contributed by atoms with van der Waals surface area (Å²) in [5, 5.41) is 2.89. The third-order valence-electron chi connectivity index (χ3n) is 4.91. The van der Waals surface area contributed by atoms with Crippen molar-refractivity contribution in [2.24, 2.45) is 0 Å². The average Bonchev–Trinajstić information content (AvgIpc) is 2.84. The number of unbranched alkanes of at least 4 members (excludes halogenated alkanes) is 2. The molecule has 3 rings (SSSR count). The Hall–Kier alpha value is -0.0188. The van der Waals surface area contributed by atoms with Gasteiger partial charge in [0.1, 0.15) is 0 Å². The van der Waals surface area contributed by atoms with Crippen LogP contribution in [0.2, 0.25) is 0 Å². The molecule has 0 bridgehead atoms. The smallest absolute Gasteiger partial charge is 1.00 e. The summed E-state index contributed by atoms with van der Waals surface area (Å²) in [7, 11) is 0.717. The third-order valence-corrected chi connectivity index (χ3v) is 6.18. The van der Waals surface area contributed by atoms with Crippen molar-refractivity contribution >= 4 is 19.9 Å². The van der Waals surface area contributed by atoms with Crippen molar-refractivity contribution < 1.29 is 58.9 Å². The molecule has 5 heteroatoms. The number of allylic oxidation sites excluding steroid dienone is 1. The molecule has 1 atom stereocenters. The molecule has 2 aromatic carbocycles. The number of aryl methyl sites for hydroxylation is 2. The van der Waals surface area contributed by atoms with Crippen molar-refractivity contribution in [2.75, 3.05) is 0 Å². The zero-order chi connectivity index (χ0) is 17.1. The summed E-state index contributed by atoms with van der Waals surface area (Å²) in [5.41, 5.74) is 7.04. The Morgan fingerprint density at radius 1 is 0.929 bits per heavy atom. The van der Waals surface area contributed by atoms with E-state index < -0.39 is 0 Å². The number of halogens is 3. The number of fused-ring (bicyclic) bond motifs is 1. The maximum Gasteiger partial charge on any atom is 4.00 e. The second-order valence-electron chi connectivity index (χ2n) is 7.13. The van der Waals surface area contributed by atoms with Gasteiger partial charge >= 0.3 is 21.7 Å². The second kappa shape index (κ2) is 14.1. The molecule has 28 heavy (non-hydrogen) atoms. The van der Waals surface area contributed by atoms with Gasteiger partial charge in [0.15, 0.2) is 0 Å². The van der Waals surface area contributed by atoms with Crippen LogP contribution < -0.4 is 47.6 Å². The van der Waals surface area contributed by atoms with Gasteiger partial charge in [0.05, 0.1) is 0 Å². The summed E-state index contributed by atoms with van der Waals surface area (Å²) in [6, 6.07) is 13.8. The molecule has 0 nitrogen and oxygen atoms in total. The van der Waals surface area contributed by atoms with Crippen molar-refractivity contribution in [3.63, 3.8) is 0 Å². The van der Waals surface area contributed by atoms with E-state index in [-0.39, 0.29) is 58.9 Å². The summed E-state index contributed by atoms with van der Waals surface area (Å²) in [6.45, 7) is 8.92. The van der Waals surface area contributed by atoms with Crippen LogP contribution in [0.3, 0.4) is 0 Å². The Labute approximate surface area is 207 Å². The fraction of sp³-hybridized carbons (Fsp3) is 0.391. The molecular weight excluding hydrogens is 459 g/mol. The minimum absolute atomic E-state index is 0. The number of hydrogen-bond acceptors (Lipinski definition) is 0. The molecule has 0 saturated heterocycles.